The van der Waals surface area contributed by atoms with Crippen molar-refractivity contribution < 1.29 is 14.3 Å². The summed E-state index contributed by atoms with van der Waals surface area (Å²) in [5.74, 6) is -1.02. The number of halogens is 1. The van der Waals surface area contributed by atoms with Crippen LogP contribution >= 0.6 is 0 Å². The van der Waals surface area contributed by atoms with Crippen LogP contribution in [0.5, 0.6) is 0 Å². The van der Waals surface area contributed by atoms with Gasteiger partial charge in [-0.3, -0.25) is 4.79 Å². The van der Waals surface area contributed by atoms with Crippen molar-refractivity contribution in [3.63, 3.8) is 0 Å². The third-order valence-electron chi connectivity index (χ3n) is 4.94. The van der Waals surface area contributed by atoms with Crippen LogP contribution in [0.15, 0.2) is 18.2 Å². The van der Waals surface area contributed by atoms with Gasteiger partial charge in [-0.1, -0.05) is 6.07 Å². The highest BCUT2D eigenvalue weighted by Crippen LogP contribution is 2.33. The Labute approximate surface area is 124 Å². The Morgan fingerprint density at radius 3 is 2.67 bits per heavy atom. The SMILES string of the molecule is O=C(O)C1CCC(N[C@@H]2CCCc3ccc(F)cc32)CC1. The van der Waals surface area contributed by atoms with Crippen LogP contribution in [0.4, 0.5) is 4.39 Å². The van der Waals surface area contributed by atoms with Crippen molar-refractivity contribution >= 4 is 5.97 Å². The molecule has 114 valence electrons. The molecule has 0 aliphatic heterocycles. The van der Waals surface area contributed by atoms with Crippen LogP contribution in [0.3, 0.4) is 0 Å². The molecule has 0 spiro atoms. The fourth-order valence-corrected chi connectivity index (χ4v) is 3.73. The Morgan fingerprint density at radius 1 is 1.19 bits per heavy atom. The zero-order chi connectivity index (χ0) is 14.8. The highest BCUT2D eigenvalue weighted by molar-refractivity contribution is 5.70. The van der Waals surface area contributed by atoms with Gasteiger partial charge in [-0.15, -0.1) is 0 Å². The second-order valence-electron chi connectivity index (χ2n) is 6.34. The van der Waals surface area contributed by atoms with Gasteiger partial charge in [0.15, 0.2) is 0 Å². The summed E-state index contributed by atoms with van der Waals surface area (Å²) in [5, 5.41) is 12.7. The van der Waals surface area contributed by atoms with E-state index in [-0.39, 0.29) is 17.8 Å². The van der Waals surface area contributed by atoms with Gasteiger partial charge in [0.2, 0.25) is 0 Å². The van der Waals surface area contributed by atoms with Crippen molar-refractivity contribution in [1.82, 2.24) is 5.32 Å². The van der Waals surface area contributed by atoms with E-state index in [0.717, 1.165) is 50.5 Å². The van der Waals surface area contributed by atoms with Gasteiger partial charge in [0, 0.05) is 12.1 Å². The molecule has 1 fully saturated rings. The molecule has 2 aliphatic carbocycles. The van der Waals surface area contributed by atoms with Crippen LogP contribution in [-0.2, 0) is 11.2 Å². The van der Waals surface area contributed by atoms with Crippen LogP contribution in [0.25, 0.3) is 0 Å². The first-order chi connectivity index (χ1) is 10.1. The summed E-state index contributed by atoms with van der Waals surface area (Å²) in [6.45, 7) is 0. The minimum absolute atomic E-state index is 0.169. The average molecular weight is 291 g/mol. The Balaban J connectivity index is 1.65. The summed E-state index contributed by atoms with van der Waals surface area (Å²) in [6, 6.07) is 5.68. The molecule has 0 saturated heterocycles. The molecule has 0 aromatic heterocycles. The number of aryl methyl sites for hydroxylation is 1. The average Bonchev–Trinajstić information content (AvgIpc) is 2.48. The normalized spacial score (nSPS) is 28.9. The van der Waals surface area contributed by atoms with Gasteiger partial charge in [0.25, 0.3) is 0 Å². The number of carboxylic acids is 1. The third-order valence-corrected chi connectivity index (χ3v) is 4.94. The lowest BCUT2D eigenvalue weighted by molar-refractivity contribution is -0.142. The van der Waals surface area contributed by atoms with Crippen LogP contribution < -0.4 is 5.32 Å². The summed E-state index contributed by atoms with van der Waals surface area (Å²) in [4.78, 5) is 11.0. The minimum Gasteiger partial charge on any atom is -0.481 e. The topological polar surface area (TPSA) is 49.3 Å². The molecule has 1 atom stereocenters. The number of benzene rings is 1. The molecule has 0 unspecified atom stereocenters. The molecule has 21 heavy (non-hydrogen) atoms. The lowest BCUT2D eigenvalue weighted by atomic mass is 9.83. The smallest absolute Gasteiger partial charge is 0.306 e. The van der Waals surface area contributed by atoms with Gasteiger partial charge in [-0.05, 0) is 68.2 Å². The molecule has 1 saturated carbocycles. The summed E-state index contributed by atoms with van der Waals surface area (Å²) >= 11 is 0. The number of carboxylic acid groups (broad SMARTS) is 1. The number of aliphatic carboxylic acids is 1. The Morgan fingerprint density at radius 2 is 1.95 bits per heavy atom. The maximum absolute atomic E-state index is 13.5. The monoisotopic (exact) mass is 291 g/mol. The van der Waals surface area contributed by atoms with Crippen molar-refractivity contribution in [1.29, 1.82) is 0 Å². The molecule has 0 amide bonds. The first-order valence-corrected chi connectivity index (χ1v) is 7.90. The van der Waals surface area contributed by atoms with E-state index in [2.05, 4.69) is 5.32 Å². The van der Waals surface area contributed by atoms with E-state index in [9.17, 15) is 9.18 Å². The fraction of sp³-hybridized carbons (Fsp3) is 0.588. The zero-order valence-corrected chi connectivity index (χ0v) is 12.1. The second kappa shape index (κ2) is 6.14. The van der Waals surface area contributed by atoms with E-state index in [1.54, 1.807) is 12.1 Å². The second-order valence-corrected chi connectivity index (χ2v) is 6.34. The number of hydrogen-bond acceptors (Lipinski definition) is 2. The van der Waals surface area contributed by atoms with Gasteiger partial charge >= 0.3 is 5.97 Å². The molecule has 3 rings (SSSR count). The molecule has 1 aromatic carbocycles. The van der Waals surface area contributed by atoms with Gasteiger partial charge < -0.3 is 10.4 Å². The standard InChI is InChI=1S/C17H22FNO2/c18-13-7-4-11-2-1-3-16(15(11)10-13)19-14-8-5-12(6-9-14)17(20)21/h4,7,10,12,14,16,19H,1-3,5-6,8-9H2,(H,20,21)/t12?,14?,16-/m1/s1. The van der Waals surface area contributed by atoms with Crippen LogP contribution in [0.1, 0.15) is 55.7 Å². The Kier molecular flexibility index (Phi) is 4.24. The van der Waals surface area contributed by atoms with E-state index in [1.165, 1.54) is 5.56 Å². The largest absolute Gasteiger partial charge is 0.481 e. The third kappa shape index (κ3) is 3.26. The minimum atomic E-state index is -0.668. The van der Waals surface area contributed by atoms with Crippen LogP contribution in [0, 0.1) is 11.7 Å². The van der Waals surface area contributed by atoms with Gasteiger partial charge in [-0.25, -0.2) is 4.39 Å². The molecule has 2 aliphatic rings. The molecule has 1 aromatic rings. The molecule has 0 heterocycles. The summed E-state index contributed by atoms with van der Waals surface area (Å²) < 4.78 is 13.5. The van der Waals surface area contributed by atoms with Crippen molar-refractivity contribution in [3.05, 3.63) is 35.1 Å². The number of rotatable bonds is 3. The predicted molar refractivity (Wildman–Crippen MR) is 78.6 cm³/mol. The quantitative estimate of drug-likeness (QED) is 0.897. The van der Waals surface area contributed by atoms with Crippen LogP contribution in [0.2, 0.25) is 0 Å². The maximum atomic E-state index is 13.5. The van der Waals surface area contributed by atoms with Crippen molar-refractivity contribution in [2.75, 3.05) is 0 Å². The van der Waals surface area contributed by atoms with E-state index in [4.69, 9.17) is 5.11 Å². The van der Waals surface area contributed by atoms with Gasteiger partial charge in [0.05, 0.1) is 5.92 Å². The molecule has 3 nitrogen and oxygen atoms in total. The first kappa shape index (κ1) is 14.5. The Bertz CT molecular complexity index is 524. The molecular formula is C17H22FNO2. The summed E-state index contributed by atoms with van der Waals surface area (Å²) in [6.07, 6.45) is 6.48. The lowest BCUT2D eigenvalue weighted by Gasteiger charge is -2.33. The molecule has 0 radical (unpaired) electrons. The van der Waals surface area contributed by atoms with Crippen molar-refractivity contribution in [2.45, 2.75) is 57.0 Å². The number of carbonyl (C=O) groups is 1. The Hall–Kier alpha value is -1.42. The van der Waals surface area contributed by atoms with E-state index in [0.29, 0.717) is 6.04 Å². The number of fused-ring (bicyclic) bond motifs is 1. The van der Waals surface area contributed by atoms with Crippen molar-refractivity contribution in [2.24, 2.45) is 5.92 Å². The fourth-order valence-electron chi connectivity index (χ4n) is 3.73. The predicted octanol–water partition coefficient (Wildman–Crippen LogP) is 3.44. The van der Waals surface area contributed by atoms with Crippen molar-refractivity contribution in [3.8, 4) is 0 Å². The van der Waals surface area contributed by atoms with E-state index >= 15 is 0 Å². The summed E-state index contributed by atoms with van der Waals surface area (Å²) in [5.41, 5.74) is 2.35. The molecular weight excluding hydrogens is 269 g/mol. The molecule has 2 N–H and O–H groups in total. The molecule has 4 heteroatoms. The number of nitrogens with one attached hydrogen (secondary N) is 1. The summed E-state index contributed by atoms with van der Waals surface area (Å²) in [7, 11) is 0. The van der Waals surface area contributed by atoms with E-state index < -0.39 is 5.97 Å². The molecule has 0 bridgehead atoms. The number of hydrogen-bond donors (Lipinski definition) is 2. The van der Waals surface area contributed by atoms with Gasteiger partial charge in [-0.2, -0.15) is 0 Å². The highest BCUT2D eigenvalue weighted by atomic mass is 19.1. The highest BCUT2D eigenvalue weighted by Gasteiger charge is 2.29. The van der Waals surface area contributed by atoms with Crippen LogP contribution in [-0.4, -0.2) is 17.1 Å². The van der Waals surface area contributed by atoms with Gasteiger partial charge in [0.1, 0.15) is 5.82 Å². The zero-order valence-electron chi connectivity index (χ0n) is 12.1. The van der Waals surface area contributed by atoms with E-state index in [1.807, 2.05) is 6.07 Å². The maximum Gasteiger partial charge on any atom is 0.306 e. The first-order valence-electron chi connectivity index (χ1n) is 7.90. The lowest BCUT2D eigenvalue weighted by Crippen LogP contribution is -2.38.